The number of benzene rings is 1. The lowest BCUT2D eigenvalue weighted by atomic mass is 9.99. The number of hydrogen-bond acceptors (Lipinski definition) is 6. The van der Waals surface area contributed by atoms with Gasteiger partial charge in [-0.2, -0.15) is 5.10 Å². The van der Waals surface area contributed by atoms with Crippen LogP contribution in [0.25, 0.3) is 10.9 Å². The molecule has 0 radical (unpaired) electrons. The van der Waals surface area contributed by atoms with Crippen LogP contribution in [0, 0.1) is 0 Å². The third-order valence-corrected chi connectivity index (χ3v) is 5.65. The highest BCUT2D eigenvalue weighted by Crippen LogP contribution is 2.30. The Balaban J connectivity index is 1.58. The summed E-state index contributed by atoms with van der Waals surface area (Å²) < 4.78 is 6.17. The number of nitrogens with one attached hydrogen (secondary N) is 1. The van der Waals surface area contributed by atoms with Crippen molar-refractivity contribution in [3.05, 3.63) is 69.8 Å². The fourth-order valence-electron chi connectivity index (χ4n) is 3.92. The first kappa shape index (κ1) is 21.6. The van der Waals surface area contributed by atoms with Crippen LogP contribution in [-0.4, -0.2) is 64.8 Å². The molecule has 166 valence electrons. The van der Waals surface area contributed by atoms with Gasteiger partial charge in [-0.15, -0.1) is 0 Å². The van der Waals surface area contributed by atoms with Gasteiger partial charge in [-0.05, 0) is 24.6 Å². The number of ether oxygens (including phenoxy) is 1. The summed E-state index contributed by atoms with van der Waals surface area (Å²) in [6.07, 6.45) is 0.730. The zero-order chi connectivity index (χ0) is 22.7. The lowest BCUT2D eigenvalue weighted by molar-refractivity contribution is 0.0781. The lowest BCUT2D eigenvalue weighted by Gasteiger charge is -2.17. The van der Waals surface area contributed by atoms with Crippen molar-refractivity contribution in [1.29, 1.82) is 0 Å². The highest BCUT2D eigenvalue weighted by molar-refractivity contribution is 6.06. The molecule has 9 heteroatoms. The minimum absolute atomic E-state index is 0.00149. The van der Waals surface area contributed by atoms with E-state index < -0.39 is 0 Å². The van der Waals surface area contributed by atoms with Crippen LogP contribution in [-0.2, 0) is 11.8 Å². The van der Waals surface area contributed by atoms with Crippen LogP contribution in [0.2, 0.25) is 0 Å². The van der Waals surface area contributed by atoms with E-state index >= 15 is 0 Å². The quantitative estimate of drug-likeness (QED) is 0.586. The molecule has 1 fully saturated rings. The number of aryl methyl sites for hydroxylation is 1. The number of amides is 2. The number of carbonyl (C=O) groups is 2. The Kier molecular flexibility index (Phi) is 6.27. The number of fused-ring (bicyclic) bond motifs is 1. The van der Waals surface area contributed by atoms with Crippen LogP contribution in [0.4, 0.5) is 0 Å². The van der Waals surface area contributed by atoms with Crippen LogP contribution in [0.5, 0.6) is 0 Å². The van der Waals surface area contributed by atoms with Crippen molar-refractivity contribution < 1.29 is 14.3 Å². The van der Waals surface area contributed by atoms with Crippen molar-refractivity contribution in [2.75, 3.05) is 33.4 Å². The number of carbonyl (C=O) groups excluding carboxylic acids is 2. The molecule has 3 heterocycles. The first-order valence-corrected chi connectivity index (χ1v) is 10.5. The summed E-state index contributed by atoms with van der Waals surface area (Å²) in [6.45, 7) is 1.87. The van der Waals surface area contributed by atoms with E-state index in [4.69, 9.17) is 9.72 Å². The molecule has 9 nitrogen and oxygen atoms in total. The fraction of sp³-hybridized carbons (Fsp3) is 0.348. The molecule has 1 aromatic carbocycles. The number of likely N-dealkylation sites (tertiary alicyclic amines) is 1. The summed E-state index contributed by atoms with van der Waals surface area (Å²) in [7, 11) is 3.11. The molecule has 1 aliphatic rings. The Hall–Kier alpha value is -3.59. The number of pyridine rings is 1. The van der Waals surface area contributed by atoms with Gasteiger partial charge in [0, 0.05) is 56.9 Å². The first-order chi connectivity index (χ1) is 15.5. The molecule has 4 rings (SSSR count). The van der Waals surface area contributed by atoms with Gasteiger partial charge in [0.1, 0.15) is 5.69 Å². The Morgan fingerprint density at radius 1 is 1.22 bits per heavy atom. The van der Waals surface area contributed by atoms with Gasteiger partial charge in [-0.25, -0.2) is 4.68 Å². The smallest absolute Gasteiger partial charge is 0.274 e. The van der Waals surface area contributed by atoms with Gasteiger partial charge in [-0.1, -0.05) is 18.2 Å². The molecule has 1 atom stereocenters. The summed E-state index contributed by atoms with van der Waals surface area (Å²) in [5.74, 6) is -0.398. The van der Waals surface area contributed by atoms with Crippen LogP contribution in [0.15, 0.2) is 47.3 Å². The van der Waals surface area contributed by atoms with Gasteiger partial charge in [0.15, 0.2) is 0 Å². The van der Waals surface area contributed by atoms with Crippen molar-refractivity contribution in [2.24, 2.45) is 7.05 Å². The maximum atomic E-state index is 12.9. The number of aromatic nitrogens is 3. The predicted molar refractivity (Wildman–Crippen MR) is 119 cm³/mol. The third-order valence-electron chi connectivity index (χ3n) is 5.65. The predicted octanol–water partition coefficient (Wildman–Crippen LogP) is 1.33. The number of methoxy groups -OCH3 is 1. The zero-order valence-electron chi connectivity index (χ0n) is 18.1. The summed E-state index contributed by atoms with van der Waals surface area (Å²) in [5, 5.41) is 7.72. The second-order valence-corrected chi connectivity index (χ2v) is 7.78. The molecule has 1 saturated heterocycles. The average molecular weight is 435 g/mol. The van der Waals surface area contributed by atoms with Gasteiger partial charge in [0.2, 0.25) is 0 Å². The molecule has 3 aromatic rings. The third kappa shape index (κ3) is 4.38. The molecule has 0 saturated carbocycles. The standard InChI is InChI=1S/C23H25N5O4/c1-27-21(29)8-7-19(26-27)23(31)28-11-9-15(14-28)20-13-17(22(30)24-10-12-32-2)16-5-3-4-6-18(16)25-20/h3-8,13,15H,9-12,14H2,1-2H3,(H,24,30). The van der Waals surface area contributed by atoms with Gasteiger partial charge >= 0.3 is 0 Å². The Labute approximate surface area is 185 Å². The van der Waals surface area contributed by atoms with Gasteiger partial charge < -0.3 is 15.0 Å². The van der Waals surface area contributed by atoms with Gasteiger partial charge in [0.25, 0.3) is 17.4 Å². The van der Waals surface area contributed by atoms with Gasteiger partial charge in [-0.3, -0.25) is 19.4 Å². The van der Waals surface area contributed by atoms with Gasteiger partial charge in [0.05, 0.1) is 17.7 Å². The highest BCUT2D eigenvalue weighted by atomic mass is 16.5. The second kappa shape index (κ2) is 9.27. The maximum absolute atomic E-state index is 12.9. The van der Waals surface area contributed by atoms with Crippen LogP contribution >= 0.6 is 0 Å². The monoisotopic (exact) mass is 435 g/mol. The zero-order valence-corrected chi connectivity index (χ0v) is 18.1. The van der Waals surface area contributed by atoms with E-state index in [-0.39, 0.29) is 29.0 Å². The summed E-state index contributed by atoms with van der Waals surface area (Å²) >= 11 is 0. The van der Waals surface area contributed by atoms with Crippen LogP contribution in [0.1, 0.15) is 38.9 Å². The van der Waals surface area contributed by atoms with E-state index in [9.17, 15) is 14.4 Å². The van der Waals surface area contributed by atoms with E-state index in [1.165, 1.54) is 19.2 Å². The Morgan fingerprint density at radius 3 is 2.81 bits per heavy atom. The minimum Gasteiger partial charge on any atom is -0.383 e. The lowest BCUT2D eigenvalue weighted by Crippen LogP contribution is -2.31. The molecular weight excluding hydrogens is 410 g/mol. The molecule has 1 N–H and O–H groups in total. The molecule has 0 aliphatic carbocycles. The molecule has 2 amide bonds. The minimum atomic E-state index is -0.266. The Morgan fingerprint density at radius 2 is 2.03 bits per heavy atom. The fourth-order valence-corrected chi connectivity index (χ4v) is 3.92. The molecule has 0 spiro atoms. The number of nitrogens with zero attached hydrogens (tertiary/aromatic N) is 4. The maximum Gasteiger partial charge on any atom is 0.274 e. The van der Waals surface area contributed by atoms with E-state index in [0.717, 1.165) is 27.7 Å². The van der Waals surface area contributed by atoms with Crippen molar-refractivity contribution in [1.82, 2.24) is 25.0 Å². The molecule has 32 heavy (non-hydrogen) atoms. The summed E-state index contributed by atoms with van der Waals surface area (Å²) in [5.41, 5.74) is 2.05. The Bertz CT molecular complexity index is 1220. The highest BCUT2D eigenvalue weighted by Gasteiger charge is 2.30. The SMILES string of the molecule is COCCNC(=O)c1cc(C2CCN(C(=O)c3ccc(=O)n(C)n3)C2)nc2ccccc12. The molecule has 1 unspecified atom stereocenters. The first-order valence-electron chi connectivity index (χ1n) is 10.5. The number of hydrogen-bond donors (Lipinski definition) is 1. The molecule has 1 aliphatic heterocycles. The van der Waals surface area contributed by atoms with Crippen LogP contribution < -0.4 is 10.9 Å². The van der Waals surface area contributed by atoms with E-state index in [2.05, 4.69) is 10.4 Å². The summed E-state index contributed by atoms with van der Waals surface area (Å²) in [6, 6.07) is 12.2. The number of rotatable bonds is 6. The second-order valence-electron chi connectivity index (χ2n) is 7.78. The normalized spacial score (nSPS) is 15.8. The molecular formula is C23H25N5O4. The van der Waals surface area contributed by atoms with E-state index in [1.54, 1.807) is 12.0 Å². The van der Waals surface area contributed by atoms with E-state index in [0.29, 0.717) is 31.8 Å². The summed E-state index contributed by atoms with van der Waals surface area (Å²) in [4.78, 5) is 43.8. The largest absolute Gasteiger partial charge is 0.383 e. The van der Waals surface area contributed by atoms with E-state index in [1.807, 2.05) is 30.3 Å². The average Bonchev–Trinajstić information content (AvgIpc) is 3.30. The van der Waals surface area contributed by atoms with Crippen molar-refractivity contribution in [3.63, 3.8) is 0 Å². The van der Waals surface area contributed by atoms with Crippen molar-refractivity contribution in [3.8, 4) is 0 Å². The molecule has 2 aromatic heterocycles. The van der Waals surface area contributed by atoms with Crippen LogP contribution in [0.3, 0.4) is 0 Å². The topological polar surface area (TPSA) is 106 Å². The van der Waals surface area contributed by atoms with Crippen molar-refractivity contribution >= 4 is 22.7 Å². The number of para-hydroxylation sites is 1. The van der Waals surface area contributed by atoms with Crippen molar-refractivity contribution in [2.45, 2.75) is 12.3 Å². The molecule has 0 bridgehead atoms.